The summed E-state index contributed by atoms with van der Waals surface area (Å²) >= 11 is 0. The zero-order valence-electron chi connectivity index (χ0n) is 17.4. The van der Waals surface area contributed by atoms with Crippen LogP contribution in [0.1, 0.15) is 21.7 Å². The van der Waals surface area contributed by atoms with Gasteiger partial charge in [0, 0.05) is 12.7 Å². The lowest BCUT2D eigenvalue weighted by atomic mass is 10.1. The van der Waals surface area contributed by atoms with Gasteiger partial charge in [-0.15, -0.1) is 0 Å². The van der Waals surface area contributed by atoms with Crippen molar-refractivity contribution >= 4 is 22.6 Å². The summed E-state index contributed by atoms with van der Waals surface area (Å²) in [6.07, 6.45) is 3.60. The molecule has 0 aliphatic heterocycles. The van der Waals surface area contributed by atoms with E-state index < -0.39 is 5.91 Å². The molecule has 0 atom stereocenters. The van der Waals surface area contributed by atoms with Crippen LogP contribution in [0, 0.1) is 11.3 Å². The SMILES string of the molecule is N#Cc1cc2c(=O)n3ccccc3nc2n(CCc2ccccc2)c1=NC(=O)c1ccco1. The summed E-state index contributed by atoms with van der Waals surface area (Å²) in [5.41, 5.74) is 1.80. The third kappa shape index (κ3) is 3.72. The van der Waals surface area contributed by atoms with E-state index in [1.165, 1.54) is 22.8 Å². The van der Waals surface area contributed by atoms with Gasteiger partial charge in [-0.3, -0.25) is 14.0 Å². The second-order valence-electron chi connectivity index (χ2n) is 7.36. The molecule has 0 saturated carbocycles. The number of carbonyl (C=O) groups is 1. The maximum Gasteiger partial charge on any atom is 0.314 e. The fraction of sp³-hybridized carbons (Fsp3) is 0.0800. The molecule has 0 unspecified atom stereocenters. The number of fused-ring (bicyclic) bond motifs is 2. The first-order valence-electron chi connectivity index (χ1n) is 10.3. The van der Waals surface area contributed by atoms with Crippen molar-refractivity contribution in [3.8, 4) is 6.07 Å². The van der Waals surface area contributed by atoms with Gasteiger partial charge in [0.25, 0.3) is 5.56 Å². The molecule has 160 valence electrons. The van der Waals surface area contributed by atoms with Crippen molar-refractivity contribution in [2.24, 2.45) is 4.99 Å². The molecule has 0 saturated heterocycles. The molecule has 0 aliphatic carbocycles. The fourth-order valence-electron chi connectivity index (χ4n) is 3.73. The zero-order valence-corrected chi connectivity index (χ0v) is 17.4. The number of amides is 1. The van der Waals surface area contributed by atoms with Crippen molar-refractivity contribution in [1.82, 2.24) is 14.0 Å². The molecule has 1 aromatic carbocycles. The van der Waals surface area contributed by atoms with Crippen molar-refractivity contribution in [2.45, 2.75) is 13.0 Å². The van der Waals surface area contributed by atoms with Gasteiger partial charge < -0.3 is 8.98 Å². The number of aryl methyl sites for hydroxylation is 2. The summed E-state index contributed by atoms with van der Waals surface area (Å²) in [6.45, 7) is 0.357. The monoisotopic (exact) mass is 435 g/mol. The smallest absolute Gasteiger partial charge is 0.314 e. The Morgan fingerprint density at radius 3 is 2.67 bits per heavy atom. The number of nitrogens with zero attached hydrogens (tertiary/aromatic N) is 5. The summed E-state index contributed by atoms with van der Waals surface area (Å²) in [7, 11) is 0. The third-order valence-corrected chi connectivity index (χ3v) is 5.32. The lowest BCUT2D eigenvalue weighted by Crippen LogP contribution is -2.30. The lowest BCUT2D eigenvalue weighted by molar-refractivity contribution is 0.0970. The van der Waals surface area contributed by atoms with Crippen LogP contribution < -0.4 is 11.0 Å². The Hall–Kier alpha value is -4.77. The van der Waals surface area contributed by atoms with Crippen LogP contribution >= 0.6 is 0 Å². The molecule has 0 fully saturated rings. The molecule has 0 radical (unpaired) electrons. The highest BCUT2D eigenvalue weighted by Crippen LogP contribution is 2.12. The van der Waals surface area contributed by atoms with Crippen LogP contribution in [0.15, 0.2) is 93.4 Å². The Kier molecular flexibility index (Phi) is 5.13. The quantitative estimate of drug-likeness (QED) is 0.403. The number of carbonyl (C=O) groups excluding carboxylic acids is 1. The van der Waals surface area contributed by atoms with E-state index in [0.29, 0.717) is 24.3 Å². The van der Waals surface area contributed by atoms with Gasteiger partial charge >= 0.3 is 5.91 Å². The molecule has 4 heterocycles. The number of rotatable bonds is 4. The molecule has 0 spiro atoms. The van der Waals surface area contributed by atoms with Gasteiger partial charge in [0.15, 0.2) is 11.2 Å². The number of furan rings is 1. The van der Waals surface area contributed by atoms with Gasteiger partial charge in [0.2, 0.25) is 0 Å². The van der Waals surface area contributed by atoms with Crippen LogP contribution in [0.25, 0.3) is 16.7 Å². The molecule has 0 N–H and O–H groups in total. The van der Waals surface area contributed by atoms with Crippen molar-refractivity contribution in [2.75, 3.05) is 0 Å². The Morgan fingerprint density at radius 1 is 1.09 bits per heavy atom. The topological polar surface area (TPSA) is 106 Å². The van der Waals surface area contributed by atoms with Crippen molar-refractivity contribution in [1.29, 1.82) is 5.26 Å². The fourth-order valence-corrected chi connectivity index (χ4v) is 3.73. The van der Waals surface area contributed by atoms with E-state index in [1.54, 1.807) is 35.0 Å². The zero-order chi connectivity index (χ0) is 22.8. The van der Waals surface area contributed by atoms with E-state index in [9.17, 15) is 14.9 Å². The number of pyridine rings is 2. The normalized spacial score (nSPS) is 11.7. The molecule has 4 aromatic heterocycles. The molecule has 5 rings (SSSR count). The summed E-state index contributed by atoms with van der Waals surface area (Å²) in [6, 6.07) is 21.6. The van der Waals surface area contributed by atoms with Crippen LogP contribution in [0.5, 0.6) is 0 Å². The van der Waals surface area contributed by atoms with Gasteiger partial charge in [0.05, 0.1) is 17.2 Å². The van der Waals surface area contributed by atoms with E-state index in [1.807, 2.05) is 30.3 Å². The summed E-state index contributed by atoms with van der Waals surface area (Å²) in [5, 5.41) is 10.1. The Labute approximate surface area is 187 Å². The van der Waals surface area contributed by atoms with E-state index in [4.69, 9.17) is 4.42 Å². The van der Waals surface area contributed by atoms with Crippen molar-refractivity contribution in [3.63, 3.8) is 0 Å². The molecule has 8 nitrogen and oxygen atoms in total. The first kappa shape index (κ1) is 20.2. The van der Waals surface area contributed by atoms with Crippen molar-refractivity contribution < 1.29 is 9.21 Å². The Bertz CT molecular complexity index is 1660. The van der Waals surface area contributed by atoms with Gasteiger partial charge in [0.1, 0.15) is 17.4 Å². The van der Waals surface area contributed by atoms with E-state index >= 15 is 0 Å². The first-order chi connectivity index (χ1) is 16.2. The van der Waals surface area contributed by atoms with Gasteiger partial charge in [-0.05, 0) is 42.3 Å². The largest absolute Gasteiger partial charge is 0.459 e. The maximum atomic E-state index is 13.2. The second kappa shape index (κ2) is 8.40. The standard InChI is InChI=1S/C25H17N5O3/c26-16-18-15-19-23(27-21-10-4-5-12-29(21)25(19)32)30(13-11-17-7-2-1-3-8-17)22(18)28-24(31)20-9-6-14-33-20/h1-10,12,14-15H,11,13H2. The highest BCUT2D eigenvalue weighted by molar-refractivity contribution is 5.92. The van der Waals surface area contributed by atoms with Crippen LogP contribution in [0.4, 0.5) is 0 Å². The molecule has 1 amide bonds. The molecular weight excluding hydrogens is 418 g/mol. The first-order valence-corrected chi connectivity index (χ1v) is 10.3. The highest BCUT2D eigenvalue weighted by Gasteiger charge is 2.16. The predicted octanol–water partition coefficient (Wildman–Crippen LogP) is 3.10. The summed E-state index contributed by atoms with van der Waals surface area (Å²) in [4.78, 5) is 34.8. The number of aromatic nitrogens is 3. The third-order valence-electron chi connectivity index (χ3n) is 5.32. The molecule has 5 aromatic rings. The van der Waals surface area contributed by atoms with Crippen LogP contribution in [-0.4, -0.2) is 19.9 Å². The average molecular weight is 435 g/mol. The molecule has 0 bridgehead atoms. The number of nitriles is 1. The number of hydrogen-bond donors (Lipinski definition) is 0. The van der Waals surface area contributed by atoms with Crippen LogP contribution in [0.3, 0.4) is 0 Å². The van der Waals surface area contributed by atoms with Crippen molar-refractivity contribution in [3.05, 3.63) is 112 Å². The Morgan fingerprint density at radius 2 is 1.91 bits per heavy atom. The minimum atomic E-state index is -0.623. The highest BCUT2D eigenvalue weighted by atomic mass is 16.3. The Balaban J connectivity index is 1.81. The van der Waals surface area contributed by atoms with E-state index in [0.717, 1.165) is 5.56 Å². The number of benzene rings is 1. The summed E-state index contributed by atoms with van der Waals surface area (Å²) in [5.74, 6) is -0.568. The molecular formula is C25H17N5O3. The predicted molar refractivity (Wildman–Crippen MR) is 120 cm³/mol. The maximum absolute atomic E-state index is 13.2. The minimum Gasteiger partial charge on any atom is -0.459 e. The van der Waals surface area contributed by atoms with Gasteiger partial charge in [-0.25, -0.2) is 4.98 Å². The van der Waals surface area contributed by atoms with Crippen LogP contribution in [-0.2, 0) is 13.0 Å². The van der Waals surface area contributed by atoms with E-state index in [2.05, 4.69) is 16.0 Å². The molecule has 0 aliphatic rings. The van der Waals surface area contributed by atoms with Gasteiger partial charge in [-0.2, -0.15) is 10.3 Å². The number of hydrogen-bond acceptors (Lipinski definition) is 5. The summed E-state index contributed by atoms with van der Waals surface area (Å²) < 4.78 is 8.26. The molecule has 8 heteroatoms. The van der Waals surface area contributed by atoms with Gasteiger partial charge in [-0.1, -0.05) is 36.4 Å². The average Bonchev–Trinajstić information content (AvgIpc) is 3.39. The van der Waals surface area contributed by atoms with E-state index in [-0.39, 0.29) is 27.8 Å². The minimum absolute atomic E-state index is 0.0557. The lowest BCUT2D eigenvalue weighted by Gasteiger charge is -2.13. The second-order valence-corrected chi connectivity index (χ2v) is 7.36. The molecule has 33 heavy (non-hydrogen) atoms. The van der Waals surface area contributed by atoms with Crippen LogP contribution in [0.2, 0.25) is 0 Å².